The molecule has 0 amide bonds. The van der Waals surface area contributed by atoms with Crippen LogP contribution in [0.15, 0.2) is 52.4 Å². The summed E-state index contributed by atoms with van der Waals surface area (Å²) in [6.45, 7) is 3.22. The Hall–Kier alpha value is -3.10. The fourth-order valence-electron chi connectivity index (χ4n) is 2.94. The van der Waals surface area contributed by atoms with Gasteiger partial charge in [-0.3, -0.25) is 4.79 Å². The molecular formula is C22H30F2N4O3. The minimum absolute atomic E-state index is 0.00671. The molecule has 0 spiro atoms. The monoisotopic (exact) mass is 436 g/mol. The zero-order chi connectivity index (χ0) is 22.5. The molecule has 0 fully saturated rings. The number of hydrogen-bond donors (Lipinski definition) is 2. The molecule has 2 N–H and O–H groups in total. The molecule has 31 heavy (non-hydrogen) atoms. The summed E-state index contributed by atoms with van der Waals surface area (Å²) in [6, 6.07) is 10.1. The van der Waals surface area contributed by atoms with E-state index in [0.29, 0.717) is 37.8 Å². The molecule has 0 aliphatic carbocycles. The summed E-state index contributed by atoms with van der Waals surface area (Å²) in [5.74, 6) is 0.848. The molecule has 1 heterocycles. The second-order valence-corrected chi connectivity index (χ2v) is 6.62. The van der Waals surface area contributed by atoms with Gasteiger partial charge in [0.2, 0.25) is 5.56 Å². The summed E-state index contributed by atoms with van der Waals surface area (Å²) < 4.78 is 37.5. The maximum Gasteiger partial charge on any atom is 0.387 e. The molecule has 2 aromatic rings. The number of para-hydroxylation sites is 1. The van der Waals surface area contributed by atoms with E-state index in [1.807, 2.05) is 13.0 Å². The minimum Gasteiger partial charge on any atom is -0.490 e. The average molecular weight is 437 g/mol. The first-order chi connectivity index (χ1) is 15.0. The van der Waals surface area contributed by atoms with E-state index >= 15 is 0 Å². The number of nitrogens with one attached hydrogen (secondary N) is 2. The number of guanidine groups is 1. The highest BCUT2D eigenvalue weighted by Crippen LogP contribution is 2.33. The first kappa shape index (κ1) is 24.2. The third kappa shape index (κ3) is 8.27. The van der Waals surface area contributed by atoms with Crippen molar-refractivity contribution in [1.29, 1.82) is 0 Å². The van der Waals surface area contributed by atoms with Gasteiger partial charge in [-0.1, -0.05) is 18.2 Å². The van der Waals surface area contributed by atoms with Gasteiger partial charge in [0.25, 0.3) is 0 Å². The number of unbranched alkanes of at least 4 members (excludes halogenated alkanes) is 1. The van der Waals surface area contributed by atoms with Crippen molar-refractivity contribution in [3.8, 4) is 11.5 Å². The molecule has 2 rings (SSSR count). The number of nitrogens with zero attached hydrogens (tertiary/aromatic N) is 2. The summed E-state index contributed by atoms with van der Waals surface area (Å²) in [7, 11) is 0. The van der Waals surface area contributed by atoms with E-state index < -0.39 is 6.61 Å². The molecule has 170 valence electrons. The molecular weight excluding hydrogens is 406 g/mol. The van der Waals surface area contributed by atoms with Crippen LogP contribution in [0.3, 0.4) is 0 Å². The zero-order valence-corrected chi connectivity index (χ0v) is 17.9. The van der Waals surface area contributed by atoms with Crippen LogP contribution >= 0.6 is 0 Å². The number of alkyl halides is 2. The van der Waals surface area contributed by atoms with Crippen LogP contribution in [0.25, 0.3) is 0 Å². The topological polar surface area (TPSA) is 76.9 Å². The number of benzene rings is 1. The first-order valence-electron chi connectivity index (χ1n) is 10.4. The Morgan fingerprint density at radius 1 is 1.13 bits per heavy atom. The van der Waals surface area contributed by atoms with Crippen LogP contribution in [-0.4, -0.2) is 36.8 Å². The van der Waals surface area contributed by atoms with E-state index in [2.05, 4.69) is 20.4 Å². The smallest absolute Gasteiger partial charge is 0.387 e. The number of aliphatic imine (C=N–C) groups is 1. The highest BCUT2D eigenvalue weighted by molar-refractivity contribution is 5.79. The lowest BCUT2D eigenvalue weighted by molar-refractivity contribution is -0.0520. The molecule has 0 atom stereocenters. The average Bonchev–Trinajstić information content (AvgIpc) is 2.74. The number of aryl methyl sites for hydroxylation is 1. The van der Waals surface area contributed by atoms with E-state index in [0.717, 1.165) is 12.8 Å². The van der Waals surface area contributed by atoms with Gasteiger partial charge in [0.15, 0.2) is 17.5 Å². The lowest BCUT2D eigenvalue weighted by atomic mass is 10.2. The Balaban J connectivity index is 1.95. The van der Waals surface area contributed by atoms with E-state index in [-0.39, 0.29) is 23.6 Å². The third-order valence-corrected chi connectivity index (χ3v) is 4.34. The Morgan fingerprint density at radius 3 is 2.68 bits per heavy atom. The van der Waals surface area contributed by atoms with E-state index in [9.17, 15) is 13.6 Å². The predicted molar refractivity (Wildman–Crippen MR) is 117 cm³/mol. The number of ether oxygens (including phenoxy) is 2. The van der Waals surface area contributed by atoms with Gasteiger partial charge in [-0.2, -0.15) is 8.78 Å². The number of rotatable bonds is 12. The summed E-state index contributed by atoms with van der Waals surface area (Å²) >= 11 is 0. The van der Waals surface area contributed by atoms with E-state index in [1.54, 1.807) is 48.0 Å². The van der Waals surface area contributed by atoms with Crippen LogP contribution in [0, 0.1) is 0 Å². The van der Waals surface area contributed by atoms with Crippen molar-refractivity contribution in [3.63, 3.8) is 0 Å². The molecule has 0 aliphatic rings. The van der Waals surface area contributed by atoms with Crippen molar-refractivity contribution >= 4 is 5.96 Å². The van der Waals surface area contributed by atoms with Crippen molar-refractivity contribution in [3.05, 3.63) is 58.5 Å². The second kappa shape index (κ2) is 13.3. The third-order valence-electron chi connectivity index (χ3n) is 4.34. The van der Waals surface area contributed by atoms with Gasteiger partial charge in [0.05, 0.1) is 13.2 Å². The SMILES string of the molecule is CCNC(=NCc1cccc(OCC)c1OC(F)F)NCCCCn1ccccc1=O. The van der Waals surface area contributed by atoms with Crippen LogP contribution in [-0.2, 0) is 13.1 Å². The number of halogens is 2. The van der Waals surface area contributed by atoms with Gasteiger partial charge in [-0.15, -0.1) is 0 Å². The molecule has 0 saturated carbocycles. The normalized spacial score (nSPS) is 11.5. The summed E-state index contributed by atoms with van der Waals surface area (Å²) in [4.78, 5) is 16.2. The van der Waals surface area contributed by atoms with Crippen LogP contribution in [0.1, 0.15) is 32.3 Å². The number of aromatic nitrogens is 1. The lowest BCUT2D eigenvalue weighted by Gasteiger charge is -2.15. The quantitative estimate of drug-likeness (QED) is 0.303. The van der Waals surface area contributed by atoms with Gasteiger partial charge in [-0.25, -0.2) is 4.99 Å². The highest BCUT2D eigenvalue weighted by Gasteiger charge is 2.15. The van der Waals surface area contributed by atoms with Gasteiger partial charge in [0, 0.05) is 37.5 Å². The molecule has 7 nitrogen and oxygen atoms in total. The van der Waals surface area contributed by atoms with Crippen molar-refractivity contribution in [2.24, 2.45) is 4.99 Å². The maximum atomic E-state index is 12.9. The Morgan fingerprint density at radius 2 is 1.97 bits per heavy atom. The Labute approximate surface area is 181 Å². The predicted octanol–water partition coefficient (Wildman–Crippen LogP) is 3.38. The first-order valence-corrected chi connectivity index (χ1v) is 10.4. The molecule has 9 heteroatoms. The lowest BCUT2D eigenvalue weighted by Crippen LogP contribution is -2.37. The van der Waals surface area contributed by atoms with Crippen LogP contribution in [0.5, 0.6) is 11.5 Å². The summed E-state index contributed by atoms with van der Waals surface area (Å²) in [5.41, 5.74) is 0.494. The zero-order valence-electron chi connectivity index (χ0n) is 17.9. The molecule has 0 radical (unpaired) electrons. The van der Waals surface area contributed by atoms with Gasteiger partial charge in [-0.05, 0) is 38.8 Å². The maximum absolute atomic E-state index is 12.9. The molecule has 0 saturated heterocycles. The standard InChI is InChI=1S/C22H30F2N4O3/c1-3-25-22(26-13-6-8-15-28-14-7-5-12-19(28)29)27-16-17-10-9-11-18(30-4-2)20(17)31-21(23)24/h5,7,9-12,14,21H,3-4,6,8,13,15-16H2,1-2H3,(H2,25,26,27). The largest absolute Gasteiger partial charge is 0.490 e. The van der Waals surface area contributed by atoms with Crippen molar-refractivity contribution in [2.75, 3.05) is 19.7 Å². The Bertz CT molecular complexity index is 887. The number of hydrogen-bond acceptors (Lipinski definition) is 4. The number of pyridine rings is 1. The van der Waals surface area contributed by atoms with E-state index in [1.165, 1.54) is 0 Å². The highest BCUT2D eigenvalue weighted by atomic mass is 19.3. The fourth-order valence-corrected chi connectivity index (χ4v) is 2.94. The molecule has 0 unspecified atom stereocenters. The van der Waals surface area contributed by atoms with Gasteiger partial charge < -0.3 is 24.7 Å². The van der Waals surface area contributed by atoms with Crippen molar-refractivity contribution < 1.29 is 18.3 Å². The van der Waals surface area contributed by atoms with Crippen LogP contribution < -0.4 is 25.7 Å². The van der Waals surface area contributed by atoms with Gasteiger partial charge in [0.1, 0.15) is 0 Å². The summed E-state index contributed by atoms with van der Waals surface area (Å²) in [5, 5.41) is 6.36. The minimum atomic E-state index is -2.95. The van der Waals surface area contributed by atoms with E-state index in [4.69, 9.17) is 4.74 Å². The van der Waals surface area contributed by atoms with Crippen LogP contribution in [0.4, 0.5) is 8.78 Å². The van der Waals surface area contributed by atoms with Crippen molar-refractivity contribution in [2.45, 2.75) is 46.4 Å². The molecule has 0 aliphatic heterocycles. The van der Waals surface area contributed by atoms with Gasteiger partial charge >= 0.3 is 6.61 Å². The van der Waals surface area contributed by atoms with Crippen molar-refractivity contribution in [1.82, 2.24) is 15.2 Å². The molecule has 1 aromatic carbocycles. The fraction of sp³-hybridized carbons (Fsp3) is 0.455. The van der Waals surface area contributed by atoms with Crippen LogP contribution in [0.2, 0.25) is 0 Å². The second-order valence-electron chi connectivity index (χ2n) is 6.62. The molecule has 0 bridgehead atoms. The Kier molecular flexibility index (Phi) is 10.3. The molecule has 1 aromatic heterocycles. The summed E-state index contributed by atoms with van der Waals surface area (Å²) in [6.07, 6.45) is 3.45.